The van der Waals surface area contributed by atoms with Crippen molar-refractivity contribution in [3.8, 4) is 0 Å². The summed E-state index contributed by atoms with van der Waals surface area (Å²) in [5.41, 5.74) is 0. The fourth-order valence-corrected chi connectivity index (χ4v) is 0.725. The van der Waals surface area contributed by atoms with Crippen molar-refractivity contribution in [2.24, 2.45) is 0 Å². The van der Waals surface area contributed by atoms with Gasteiger partial charge >= 0.3 is 5.97 Å². The van der Waals surface area contributed by atoms with Crippen molar-refractivity contribution in [2.75, 3.05) is 6.61 Å². The molecule has 0 fully saturated rings. The third kappa shape index (κ3) is 17.3. The van der Waals surface area contributed by atoms with Crippen LogP contribution < -0.4 is 0 Å². The Kier molecular flexibility index (Phi) is 16.3. The molecule has 3 heteroatoms. The van der Waals surface area contributed by atoms with Crippen molar-refractivity contribution >= 4 is 12.3 Å². The number of rotatable bonds is 6. The van der Waals surface area contributed by atoms with Crippen LogP contribution in [-0.4, -0.2) is 18.9 Å². The Labute approximate surface area is 86.8 Å². The molecule has 0 aliphatic heterocycles. The summed E-state index contributed by atoms with van der Waals surface area (Å²) >= 11 is 0. The molecule has 0 N–H and O–H groups in total. The highest BCUT2D eigenvalue weighted by Crippen LogP contribution is 1.89. The molecule has 0 rings (SSSR count). The van der Waals surface area contributed by atoms with Gasteiger partial charge in [0.05, 0.1) is 6.61 Å². The first-order valence-electron chi connectivity index (χ1n) is 5.32. The molecule has 0 amide bonds. The van der Waals surface area contributed by atoms with Gasteiger partial charge in [-0.25, -0.2) is 0 Å². The van der Waals surface area contributed by atoms with E-state index in [-0.39, 0.29) is 5.97 Å². The molecule has 0 aliphatic carbocycles. The number of carbonyl (C=O) groups excluding carboxylic acids is 2. The van der Waals surface area contributed by atoms with Crippen LogP contribution in [0.2, 0.25) is 0 Å². The van der Waals surface area contributed by atoms with E-state index in [9.17, 15) is 9.59 Å². The van der Waals surface area contributed by atoms with E-state index in [0.717, 1.165) is 32.0 Å². The summed E-state index contributed by atoms with van der Waals surface area (Å²) in [6, 6.07) is 0. The molecular formula is C11H22O3. The second-order valence-electron chi connectivity index (χ2n) is 2.86. The molecule has 3 nitrogen and oxygen atoms in total. The van der Waals surface area contributed by atoms with Gasteiger partial charge in [-0.3, -0.25) is 4.79 Å². The van der Waals surface area contributed by atoms with Gasteiger partial charge in [-0.05, 0) is 19.8 Å². The van der Waals surface area contributed by atoms with E-state index in [1.165, 1.54) is 0 Å². The molecule has 14 heavy (non-hydrogen) atoms. The molecule has 0 heterocycles. The fourth-order valence-electron chi connectivity index (χ4n) is 0.725. The summed E-state index contributed by atoms with van der Waals surface area (Å²) in [6.45, 7) is 6.34. The van der Waals surface area contributed by atoms with Gasteiger partial charge in [0, 0.05) is 12.8 Å². The number of aldehydes is 1. The SMILES string of the molecule is CCCC(=O)OCC.CCCCC=O. The first-order valence-corrected chi connectivity index (χ1v) is 5.32. The zero-order valence-corrected chi connectivity index (χ0v) is 9.54. The molecule has 0 unspecified atom stereocenters. The minimum atomic E-state index is -0.0880. The smallest absolute Gasteiger partial charge is 0.305 e. The fraction of sp³-hybridized carbons (Fsp3) is 0.818. The minimum absolute atomic E-state index is 0.0880. The predicted molar refractivity (Wildman–Crippen MR) is 57.1 cm³/mol. The highest BCUT2D eigenvalue weighted by Gasteiger charge is 1.95. The van der Waals surface area contributed by atoms with Crippen molar-refractivity contribution < 1.29 is 14.3 Å². The normalized spacial score (nSPS) is 8.50. The predicted octanol–water partition coefficient (Wildman–Crippen LogP) is 2.73. The molecule has 0 bridgehead atoms. The second kappa shape index (κ2) is 14.7. The zero-order chi connectivity index (χ0) is 11.2. The first kappa shape index (κ1) is 15.6. The second-order valence-corrected chi connectivity index (χ2v) is 2.86. The number of unbranched alkanes of at least 4 members (excludes halogenated alkanes) is 2. The largest absolute Gasteiger partial charge is 0.466 e. The van der Waals surface area contributed by atoms with Gasteiger partial charge in [-0.2, -0.15) is 0 Å². The van der Waals surface area contributed by atoms with Gasteiger partial charge < -0.3 is 9.53 Å². The lowest BCUT2D eigenvalue weighted by Gasteiger charge is -1.96. The van der Waals surface area contributed by atoms with Crippen LogP contribution >= 0.6 is 0 Å². The van der Waals surface area contributed by atoms with Crippen LogP contribution in [0.5, 0.6) is 0 Å². The summed E-state index contributed by atoms with van der Waals surface area (Å²) in [4.78, 5) is 20.0. The van der Waals surface area contributed by atoms with Gasteiger partial charge in [0.15, 0.2) is 0 Å². The molecule has 0 saturated heterocycles. The standard InChI is InChI=1S/C6H12O2.C5H10O/c1-3-5-6(7)8-4-2;1-2-3-4-5-6/h3-5H2,1-2H3;5H,2-4H2,1H3. The Bertz CT molecular complexity index is 124. The average molecular weight is 202 g/mol. The molecule has 0 saturated carbocycles. The molecule has 0 aromatic rings. The van der Waals surface area contributed by atoms with E-state index >= 15 is 0 Å². The first-order chi connectivity index (χ1) is 6.72. The minimum Gasteiger partial charge on any atom is -0.466 e. The summed E-state index contributed by atoms with van der Waals surface area (Å²) in [5, 5.41) is 0. The average Bonchev–Trinajstić information content (AvgIpc) is 2.16. The Morgan fingerprint density at radius 1 is 1.21 bits per heavy atom. The maximum Gasteiger partial charge on any atom is 0.305 e. The van der Waals surface area contributed by atoms with Crippen LogP contribution in [0.25, 0.3) is 0 Å². The van der Waals surface area contributed by atoms with Crippen LogP contribution in [-0.2, 0) is 14.3 Å². The third-order valence-electron chi connectivity index (χ3n) is 1.43. The molecule has 84 valence electrons. The lowest BCUT2D eigenvalue weighted by Crippen LogP contribution is -2.01. The number of hydrogen-bond donors (Lipinski definition) is 0. The van der Waals surface area contributed by atoms with Crippen molar-refractivity contribution in [1.82, 2.24) is 0 Å². The number of hydrogen-bond acceptors (Lipinski definition) is 3. The molecule has 0 aliphatic rings. The van der Waals surface area contributed by atoms with Crippen LogP contribution in [0.4, 0.5) is 0 Å². The summed E-state index contributed by atoms with van der Waals surface area (Å²) < 4.78 is 4.64. The maximum absolute atomic E-state index is 10.4. The summed E-state index contributed by atoms with van der Waals surface area (Å²) in [5.74, 6) is -0.0880. The van der Waals surface area contributed by atoms with E-state index in [4.69, 9.17) is 0 Å². The Morgan fingerprint density at radius 3 is 2.14 bits per heavy atom. The maximum atomic E-state index is 10.4. The van der Waals surface area contributed by atoms with Gasteiger partial charge in [0.2, 0.25) is 0 Å². The number of carbonyl (C=O) groups is 2. The van der Waals surface area contributed by atoms with Gasteiger partial charge in [0.1, 0.15) is 6.29 Å². The molecule has 0 spiro atoms. The monoisotopic (exact) mass is 202 g/mol. The van der Waals surface area contributed by atoms with Crippen LogP contribution in [0.15, 0.2) is 0 Å². The zero-order valence-electron chi connectivity index (χ0n) is 9.54. The van der Waals surface area contributed by atoms with E-state index in [0.29, 0.717) is 13.0 Å². The number of esters is 1. The molecule has 0 atom stereocenters. The van der Waals surface area contributed by atoms with Crippen molar-refractivity contribution in [3.05, 3.63) is 0 Å². The summed E-state index contributed by atoms with van der Waals surface area (Å²) in [7, 11) is 0. The van der Waals surface area contributed by atoms with Crippen LogP contribution in [0.1, 0.15) is 52.9 Å². The molecule has 0 aromatic carbocycles. The van der Waals surface area contributed by atoms with Crippen molar-refractivity contribution in [2.45, 2.75) is 52.9 Å². The highest BCUT2D eigenvalue weighted by atomic mass is 16.5. The van der Waals surface area contributed by atoms with E-state index in [1.807, 2.05) is 13.8 Å². The quantitative estimate of drug-likeness (QED) is 0.378. The van der Waals surface area contributed by atoms with E-state index in [2.05, 4.69) is 11.7 Å². The van der Waals surface area contributed by atoms with Crippen LogP contribution in [0.3, 0.4) is 0 Å². The summed E-state index contributed by atoms with van der Waals surface area (Å²) in [6.07, 6.45) is 5.29. The Balaban J connectivity index is 0. The third-order valence-corrected chi connectivity index (χ3v) is 1.43. The van der Waals surface area contributed by atoms with Gasteiger partial charge in [0.25, 0.3) is 0 Å². The van der Waals surface area contributed by atoms with Crippen molar-refractivity contribution in [1.29, 1.82) is 0 Å². The van der Waals surface area contributed by atoms with E-state index in [1.54, 1.807) is 0 Å². The lowest BCUT2D eigenvalue weighted by atomic mass is 10.3. The Hall–Kier alpha value is -0.860. The molecular weight excluding hydrogens is 180 g/mol. The Morgan fingerprint density at radius 2 is 1.86 bits per heavy atom. The number of ether oxygens (including phenoxy) is 1. The van der Waals surface area contributed by atoms with Crippen molar-refractivity contribution in [3.63, 3.8) is 0 Å². The highest BCUT2D eigenvalue weighted by molar-refractivity contribution is 5.69. The molecule has 0 radical (unpaired) electrons. The molecule has 0 aromatic heterocycles. The topological polar surface area (TPSA) is 43.4 Å². The van der Waals surface area contributed by atoms with Crippen LogP contribution in [0, 0.1) is 0 Å². The van der Waals surface area contributed by atoms with Gasteiger partial charge in [-0.1, -0.05) is 20.3 Å². The van der Waals surface area contributed by atoms with Gasteiger partial charge in [-0.15, -0.1) is 0 Å². The lowest BCUT2D eigenvalue weighted by molar-refractivity contribution is -0.143. The van der Waals surface area contributed by atoms with E-state index < -0.39 is 0 Å².